The van der Waals surface area contributed by atoms with Crippen molar-refractivity contribution in [1.82, 2.24) is 10.6 Å². The van der Waals surface area contributed by atoms with Gasteiger partial charge in [0.15, 0.2) is 0 Å². The highest BCUT2D eigenvalue weighted by Crippen LogP contribution is 2.32. The Kier molecular flexibility index (Phi) is 7.40. The first-order valence-corrected chi connectivity index (χ1v) is 12.7. The van der Waals surface area contributed by atoms with Crippen molar-refractivity contribution in [2.45, 2.75) is 69.2 Å². The van der Waals surface area contributed by atoms with Crippen molar-refractivity contribution in [3.05, 3.63) is 48.0 Å². The lowest BCUT2D eigenvalue weighted by molar-refractivity contribution is -0.143. The van der Waals surface area contributed by atoms with Gasteiger partial charge < -0.3 is 20.2 Å². The molecule has 7 nitrogen and oxygen atoms in total. The number of furan rings is 1. The molecule has 186 valence electrons. The molecule has 1 fully saturated rings. The van der Waals surface area contributed by atoms with E-state index < -0.39 is 28.7 Å². The summed E-state index contributed by atoms with van der Waals surface area (Å²) in [5, 5.41) is 16.9. The SMILES string of the molecule is CC[C@H](C)[C@H](S)C(=O)NC1(C(=O)N[C@@H](Cc2ccc3c(c2)oc2ccccc23)C(=O)O)CCCC1. The number of nitrogens with one attached hydrogen (secondary N) is 2. The van der Waals surface area contributed by atoms with E-state index in [1.165, 1.54) is 0 Å². The van der Waals surface area contributed by atoms with E-state index in [9.17, 15) is 19.5 Å². The first-order chi connectivity index (χ1) is 16.7. The van der Waals surface area contributed by atoms with Crippen LogP contribution in [0.15, 0.2) is 46.9 Å². The second kappa shape index (κ2) is 10.3. The third-order valence-corrected chi connectivity index (χ3v) is 7.94. The van der Waals surface area contributed by atoms with Crippen LogP contribution in [0.4, 0.5) is 0 Å². The van der Waals surface area contributed by atoms with E-state index >= 15 is 0 Å². The fraction of sp³-hybridized carbons (Fsp3) is 0.444. The van der Waals surface area contributed by atoms with Crippen molar-refractivity contribution in [3.8, 4) is 0 Å². The van der Waals surface area contributed by atoms with Crippen molar-refractivity contribution >= 4 is 52.4 Å². The van der Waals surface area contributed by atoms with E-state index in [0.717, 1.165) is 41.2 Å². The van der Waals surface area contributed by atoms with Gasteiger partial charge in [-0.05, 0) is 36.5 Å². The topological polar surface area (TPSA) is 109 Å². The number of hydrogen-bond acceptors (Lipinski definition) is 5. The van der Waals surface area contributed by atoms with Crippen LogP contribution in [-0.4, -0.2) is 39.7 Å². The lowest BCUT2D eigenvalue weighted by atomic mass is 9.93. The number of thiol groups is 1. The van der Waals surface area contributed by atoms with Crippen LogP contribution in [0.25, 0.3) is 21.9 Å². The van der Waals surface area contributed by atoms with Crippen LogP contribution in [0.1, 0.15) is 51.5 Å². The molecule has 3 atom stereocenters. The molecule has 0 aliphatic heterocycles. The maximum atomic E-state index is 13.4. The minimum Gasteiger partial charge on any atom is -0.480 e. The summed E-state index contributed by atoms with van der Waals surface area (Å²) in [6.45, 7) is 3.93. The summed E-state index contributed by atoms with van der Waals surface area (Å²) in [4.78, 5) is 38.3. The number of benzene rings is 2. The Hall–Kier alpha value is -3.00. The molecule has 1 aliphatic rings. The molecule has 1 aliphatic carbocycles. The number of carbonyl (C=O) groups excluding carboxylic acids is 2. The first-order valence-electron chi connectivity index (χ1n) is 12.2. The molecule has 1 saturated carbocycles. The Bertz CT molecular complexity index is 1250. The average Bonchev–Trinajstić information content (AvgIpc) is 3.47. The fourth-order valence-corrected chi connectivity index (χ4v) is 5.08. The molecule has 4 rings (SSSR count). The van der Waals surface area contributed by atoms with Crippen LogP contribution in [0.3, 0.4) is 0 Å². The maximum absolute atomic E-state index is 13.4. The van der Waals surface area contributed by atoms with E-state index in [-0.39, 0.29) is 18.2 Å². The van der Waals surface area contributed by atoms with Gasteiger partial charge in [0.05, 0.1) is 5.25 Å². The van der Waals surface area contributed by atoms with Crippen LogP contribution < -0.4 is 10.6 Å². The van der Waals surface area contributed by atoms with Crippen LogP contribution in [0, 0.1) is 5.92 Å². The Balaban J connectivity index is 1.52. The molecule has 0 unspecified atom stereocenters. The fourth-order valence-electron chi connectivity index (χ4n) is 4.81. The monoisotopic (exact) mass is 496 g/mol. The number of aliphatic carboxylic acids is 1. The molecule has 0 bridgehead atoms. The molecule has 0 saturated heterocycles. The molecule has 8 heteroatoms. The highest BCUT2D eigenvalue weighted by atomic mass is 32.1. The zero-order valence-corrected chi connectivity index (χ0v) is 20.9. The summed E-state index contributed by atoms with van der Waals surface area (Å²) in [5.74, 6) is -1.82. The highest BCUT2D eigenvalue weighted by Gasteiger charge is 2.44. The molecule has 1 aromatic heterocycles. The van der Waals surface area contributed by atoms with Crippen LogP contribution >= 0.6 is 12.6 Å². The van der Waals surface area contributed by atoms with Crippen molar-refractivity contribution in [3.63, 3.8) is 0 Å². The Morgan fingerprint density at radius 3 is 2.46 bits per heavy atom. The van der Waals surface area contributed by atoms with Crippen LogP contribution in [0.5, 0.6) is 0 Å². The minimum absolute atomic E-state index is 0.0554. The Morgan fingerprint density at radius 1 is 1.09 bits per heavy atom. The van der Waals surface area contributed by atoms with Gasteiger partial charge in [-0.1, -0.05) is 63.4 Å². The van der Waals surface area contributed by atoms with Crippen molar-refractivity contribution in [1.29, 1.82) is 0 Å². The molecule has 3 aromatic rings. The summed E-state index contributed by atoms with van der Waals surface area (Å²) in [6, 6.07) is 12.2. The van der Waals surface area contributed by atoms with Gasteiger partial charge in [0, 0.05) is 17.2 Å². The number of amides is 2. The number of fused-ring (bicyclic) bond motifs is 3. The van der Waals surface area contributed by atoms with Crippen molar-refractivity contribution < 1.29 is 23.9 Å². The lowest BCUT2D eigenvalue weighted by Crippen LogP contribution is -2.61. The van der Waals surface area contributed by atoms with Crippen LogP contribution in [0.2, 0.25) is 0 Å². The zero-order valence-electron chi connectivity index (χ0n) is 20.0. The molecule has 2 aromatic carbocycles. The van der Waals surface area contributed by atoms with E-state index in [1.807, 2.05) is 56.3 Å². The standard InChI is InChI=1S/C27H32N2O5S/c1-3-16(2)23(35)24(30)29-27(12-6-7-13-27)26(33)28-20(25(31)32)14-17-10-11-19-18-8-4-5-9-21(18)34-22(19)15-17/h4-5,8-11,15-16,20,23,35H,3,6-7,12-14H2,1-2H3,(H,28,33)(H,29,30)(H,31,32)/t16-,20-,23-/m0/s1. The van der Waals surface area contributed by atoms with E-state index in [2.05, 4.69) is 23.3 Å². The zero-order chi connectivity index (χ0) is 25.2. The average molecular weight is 497 g/mol. The van der Waals surface area contributed by atoms with Crippen molar-refractivity contribution in [2.75, 3.05) is 0 Å². The molecule has 35 heavy (non-hydrogen) atoms. The Morgan fingerprint density at radius 2 is 1.77 bits per heavy atom. The number of carbonyl (C=O) groups is 3. The summed E-state index contributed by atoms with van der Waals surface area (Å²) < 4.78 is 5.92. The van der Waals surface area contributed by atoms with Gasteiger partial charge in [0.2, 0.25) is 11.8 Å². The lowest BCUT2D eigenvalue weighted by Gasteiger charge is -2.32. The summed E-state index contributed by atoms with van der Waals surface area (Å²) in [6.07, 6.45) is 3.41. The van der Waals surface area contributed by atoms with E-state index in [4.69, 9.17) is 4.42 Å². The molecular formula is C27H32N2O5S. The summed E-state index contributed by atoms with van der Waals surface area (Å²) >= 11 is 4.45. The number of carboxylic acid groups (broad SMARTS) is 1. The van der Waals surface area contributed by atoms with E-state index in [1.54, 1.807) is 0 Å². The highest BCUT2D eigenvalue weighted by molar-refractivity contribution is 7.81. The predicted octanol–water partition coefficient (Wildman–Crippen LogP) is 4.47. The second-order valence-corrected chi connectivity index (χ2v) is 10.2. The van der Waals surface area contributed by atoms with Crippen molar-refractivity contribution in [2.24, 2.45) is 5.92 Å². The molecule has 3 N–H and O–H groups in total. The summed E-state index contributed by atoms with van der Waals surface area (Å²) in [7, 11) is 0. The Labute approximate surface area is 210 Å². The van der Waals surface area contributed by atoms with Gasteiger partial charge in [-0.25, -0.2) is 4.79 Å². The van der Waals surface area contributed by atoms with Crippen LogP contribution in [-0.2, 0) is 20.8 Å². The molecule has 2 amide bonds. The maximum Gasteiger partial charge on any atom is 0.326 e. The number of hydrogen-bond donors (Lipinski definition) is 4. The van der Waals surface area contributed by atoms with Gasteiger partial charge in [0.25, 0.3) is 0 Å². The number of carboxylic acids is 1. The molecule has 1 heterocycles. The smallest absolute Gasteiger partial charge is 0.326 e. The predicted molar refractivity (Wildman–Crippen MR) is 139 cm³/mol. The number of rotatable bonds is 9. The van der Waals surface area contributed by atoms with Gasteiger partial charge in [-0.15, -0.1) is 0 Å². The quantitative estimate of drug-likeness (QED) is 0.327. The normalized spacial score (nSPS) is 17.7. The van der Waals surface area contributed by atoms with Gasteiger partial charge >= 0.3 is 5.97 Å². The molecule has 0 radical (unpaired) electrons. The summed E-state index contributed by atoms with van der Waals surface area (Å²) in [5.41, 5.74) is 1.06. The van der Waals surface area contributed by atoms with Gasteiger partial charge in [-0.2, -0.15) is 12.6 Å². The molecular weight excluding hydrogens is 464 g/mol. The second-order valence-electron chi connectivity index (χ2n) is 9.61. The van der Waals surface area contributed by atoms with Gasteiger partial charge in [-0.3, -0.25) is 9.59 Å². The van der Waals surface area contributed by atoms with E-state index in [0.29, 0.717) is 18.4 Å². The largest absolute Gasteiger partial charge is 0.480 e. The molecule has 0 spiro atoms. The minimum atomic E-state index is -1.14. The third kappa shape index (κ3) is 5.17. The van der Waals surface area contributed by atoms with Gasteiger partial charge in [0.1, 0.15) is 22.7 Å². The first kappa shape index (κ1) is 25.1. The third-order valence-electron chi connectivity index (χ3n) is 7.19. The number of para-hydroxylation sites is 1.